The van der Waals surface area contributed by atoms with Gasteiger partial charge in [-0.15, -0.1) is 11.3 Å². The first kappa shape index (κ1) is 13.5. The van der Waals surface area contributed by atoms with Crippen molar-refractivity contribution in [3.8, 4) is 28.8 Å². The third-order valence-electron chi connectivity index (χ3n) is 3.27. The molecule has 6 heteroatoms. The number of nitriles is 1. The van der Waals surface area contributed by atoms with Gasteiger partial charge < -0.3 is 9.47 Å². The molecule has 0 spiro atoms. The van der Waals surface area contributed by atoms with Gasteiger partial charge in [0.15, 0.2) is 4.96 Å². The molecule has 0 saturated carbocycles. The molecule has 3 rings (SSSR count). The molecule has 106 valence electrons. The van der Waals surface area contributed by atoms with Crippen molar-refractivity contribution in [1.82, 2.24) is 9.38 Å². The van der Waals surface area contributed by atoms with E-state index in [1.165, 1.54) is 11.3 Å². The van der Waals surface area contributed by atoms with Crippen molar-refractivity contribution in [2.45, 2.75) is 6.42 Å². The topological polar surface area (TPSA) is 59.6 Å². The highest BCUT2D eigenvalue weighted by Crippen LogP contribution is 2.36. The summed E-state index contributed by atoms with van der Waals surface area (Å²) >= 11 is 1.54. The van der Waals surface area contributed by atoms with Crippen LogP contribution in [0.3, 0.4) is 0 Å². The van der Waals surface area contributed by atoms with Crippen LogP contribution < -0.4 is 9.47 Å². The summed E-state index contributed by atoms with van der Waals surface area (Å²) in [7, 11) is 3.24. The summed E-state index contributed by atoms with van der Waals surface area (Å²) in [6, 6.07) is 7.76. The molecule has 0 amide bonds. The van der Waals surface area contributed by atoms with Crippen LogP contribution in [0, 0.1) is 11.3 Å². The molecule has 0 bridgehead atoms. The lowest BCUT2D eigenvalue weighted by molar-refractivity contribution is 0.404. The molecule has 21 heavy (non-hydrogen) atoms. The van der Waals surface area contributed by atoms with Crippen LogP contribution in [0.1, 0.15) is 5.69 Å². The summed E-state index contributed by atoms with van der Waals surface area (Å²) in [6.45, 7) is 0. The van der Waals surface area contributed by atoms with E-state index in [2.05, 4.69) is 11.1 Å². The van der Waals surface area contributed by atoms with Crippen molar-refractivity contribution in [3.05, 3.63) is 35.5 Å². The van der Waals surface area contributed by atoms with Crippen LogP contribution in [0.25, 0.3) is 16.2 Å². The van der Waals surface area contributed by atoms with E-state index in [1.54, 1.807) is 14.2 Å². The first-order valence-electron chi connectivity index (χ1n) is 6.32. The first-order chi connectivity index (χ1) is 10.3. The molecule has 0 fully saturated rings. The number of rotatable bonds is 4. The molecule has 0 aliphatic heterocycles. The maximum absolute atomic E-state index is 9.09. The fraction of sp³-hybridized carbons (Fsp3) is 0.200. The second-order valence-electron chi connectivity index (χ2n) is 4.36. The Morgan fingerprint density at radius 3 is 2.90 bits per heavy atom. The molecule has 5 nitrogen and oxygen atoms in total. The number of benzene rings is 1. The summed E-state index contributed by atoms with van der Waals surface area (Å²) in [5, 5.41) is 11.0. The average molecular weight is 299 g/mol. The Hall–Kier alpha value is -2.52. The number of nitrogens with zero attached hydrogens (tertiary/aromatic N) is 3. The summed E-state index contributed by atoms with van der Waals surface area (Å²) < 4.78 is 12.6. The highest BCUT2D eigenvalue weighted by atomic mass is 32.1. The minimum absolute atomic E-state index is 0.285. The zero-order valence-corrected chi connectivity index (χ0v) is 12.5. The number of ether oxygens (including phenoxy) is 2. The number of fused-ring (bicyclic) bond motifs is 1. The summed E-state index contributed by atoms with van der Waals surface area (Å²) in [5.41, 5.74) is 2.46. The van der Waals surface area contributed by atoms with Crippen molar-refractivity contribution in [1.29, 1.82) is 5.26 Å². The number of aromatic nitrogens is 2. The van der Waals surface area contributed by atoms with Gasteiger partial charge in [0, 0.05) is 17.1 Å². The van der Waals surface area contributed by atoms with Gasteiger partial charge in [-0.3, -0.25) is 4.40 Å². The molecule has 0 atom stereocenters. The van der Waals surface area contributed by atoms with E-state index in [9.17, 15) is 0 Å². The van der Waals surface area contributed by atoms with Crippen LogP contribution in [-0.2, 0) is 6.42 Å². The minimum atomic E-state index is 0.285. The van der Waals surface area contributed by atoms with E-state index < -0.39 is 0 Å². The molecule has 0 saturated heterocycles. The lowest BCUT2D eigenvalue weighted by Crippen LogP contribution is -1.95. The fourth-order valence-corrected chi connectivity index (χ4v) is 3.02. The van der Waals surface area contributed by atoms with Gasteiger partial charge in [-0.1, -0.05) is 0 Å². The van der Waals surface area contributed by atoms with E-state index in [-0.39, 0.29) is 6.42 Å². The lowest BCUT2D eigenvalue weighted by atomic mass is 10.1. The van der Waals surface area contributed by atoms with E-state index in [0.717, 1.165) is 27.7 Å². The van der Waals surface area contributed by atoms with E-state index in [1.807, 2.05) is 34.2 Å². The van der Waals surface area contributed by atoms with Gasteiger partial charge in [0.1, 0.15) is 11.5 Å². The van der Waals surface area contributed by atoms with Gasteiger partial charge in [0.2, 0.25) is 0 Å². The van der Waals surface area contributed by atoms with Gasteiger partial charge in [0.05, 0.1) is 38.1 Å². The molecule has 0 N–H and O–H groups in total. The summed E-state index contributed by atoms with van der Waals surface area (Å²) in [5.74, 6) is 1.44. The molecule has 0 radical (unpaired) electrons. The molecule has 3 aromatic rings. The highest BCUT2D eigenvalue weighted by Gasteiger charge is 2.18. The van der Waals surface area contributed by atoms with E-state index in [0.29, 0.717) is 5.75 Å². The van der Waals surface area contributed by atoms with Crippen molar-refractivity contribution in [2.75, 3.05) is 14.2 Å². The maximum atomic E-state index is 9.09. The maximum Gasteiger partial charge on any atom is 0.194 e. The van der Waals surface area contributed by atoms with Gasteiger partial charge in [-0.05, 0) is 18.2 Å². The molecular formula is C15H13N3O2S. The molecule has 0 unspecified atom stereocenters. The Kier molecular flexibility index (Phi) is 3.50. The quantitative estimate of drug-likeness (QED) is 0.742. The molecule has 0 aliphatic rings. The average Bonchev–Trinajstić information content (AvgIpc) is 3.09. The van der Waals surface area contributed by atoms with Crippen molar-refractivity contribution < 1.29 is 9.47 Å². The SMILES string of the molecule is COc1ccc(OC)c(-c2nc3sccn3c2CC#N)c1. The molecular weight excluding hydrogens is 286 g/mol. The van der Waals surface area contributed by atoms with Crippen LogP contribution in [0.4, 0.5) is 0 Å². The second-order valence-corrected chi connectivity index (χ2v) is 5.24. The Morgan fingerprint density at radius 1 is 1.33 bits per heavy atom. The molecule has 2 aromatic heterocycles. The zero-order chi connectivity index (χ0) is 14.8. The second kappa shape index (κ2) is 5.46. The monoisotopic (exact) mass is 299 g/mol. The van der Waals surface area contributed by atoms with Crippen LogP contribution in [0.15, 0.2) is 29.8 Å². The molecule has 0 aliphatic carbocycles. The number of imidazole rings is 1. The van der Waals surface area contributed by atoms with Crippen LogP contribution in [0.5, 0.6) is 11.5 Å². The zero-order valence-electron chi connectivity index (χ0n) is 11.7. The minimum Gasteiger partial charge on any atom is -0.497 e. The van der Waals surface area contributed by atoms with Gasteiger partial charge in [0.25, 0.3) is 0 Å². The van der Waals surface area contributed by atoms with Gasteiger partial charge >= 0.3 is 0 Å². The number of methoxy groups -OCH3 is 2. The van der Waals surface area contributed by atoms with Crippen LogP contribution in [0.2, 0.25) is 0 Å². The van der Waals surface area contributed by atoms with Crippen molar-refractivity contribution >= 4 is 16.3 Å². The van der Waals surface area contributed by atoms with Crippen molar-refractivity contribution in [3.63, 3.8) is 0 Å². The van der Waals surface area contributed by atoms with Crippen LogP contribution in [-0.4, -0.2) is 23.6 Å². The number of hydrogen-bond acceptors (Lipinski definition) is 5. The number of thiazole rings is 1. The van der Waals surface area contributed by atoms with Crippen molar-refractivity contribution in [2.24, 2.45) is 0 Å². The largest absolute Gasteiger partial charge is 0.497 e. The smallest absolute Gasteiger partial charge is 0.194 e. The third-order valence-corrected chi connectivity index (χ3v) is 4.03. The van der Waals surface area contributed by atoms with E-state index in [4.69, 9.17) is 14.7 Å². The summed E-state index contributed by atoms with van der Waals surface area (Å²) in [4.78, 5) is 5.50. The normalized spacial score (nSPS) is 10.5. The summed E-state index contributed by atoms with van der Waals surface area (Å²) in [6.07, 6.45) is 2.21. The Balaban J connectivity index is 2.26. The number of hydrogen-bond donors (Lipinski definition) is 0. The Bertz CT molecular complexity index is 829. The van der Waals surface area contributed by atoms with Gasteiger partial charge in [-0.25, -0.2) is 4.98 Å². The molecule has 1 aromatic carbocycles. The van der Waals surface area contributed by atoms with E-state index >= 15 is 0 Å². The van der Waals surface area contributed by atoms with Crippen LogP contribution >= 0.6 is 11.3 Å². The Labute approximate surface area is 126 Å². The third kappa shape index (κ3) is 2.22. The predicted octanol–water partition coefficient (Wildman–Crippen LogP) is 3.15. The van der Waals surface area contributed by atoms with Gasteiger partial charge in [-0.2, -0.15) is 5.26 Å². The Morgan fingerprint density at radius 2 is 2.19 bits per heavy atom. The molecule has 2 heterocycles. The highest BCUT2D eigenvalue weighted by molar-refractivity contribution is 7.15. The predicted molar refractivity (Wildman–Crippen MR) is 80.9 cm³/mol. The lowest BCUT2D eigenvalue weighted by Gasteiger charge is -2.09. The fourth-order valence-electron chi connectivity index (χ4n) is 2.29. The standard InChI is InChI=1S/C15H13N3O2S/c1-19-10-3-4-13(20-2)11(9-10)14-12(5-6-16)18-7-8-21-15(18)17-14/h3-4,7-9H,5H2,1-2H3. The first-order valence-corrected chi connectivity index (χ1v) is 7.20.